The Kier molecular flexibility index (Phi) is 58.2. The minimum Gasteiger partial charge on any atom is -0.466 e. The molecular formula is C67H129NO5. The molecule has 0 heterocycles. The maximum absolute atomic E-state index is 12.2. The number of esters is 2. The van der Waals surface area contributed by atoms with Gasteiger partial charge in [0.2, 0.25) is 0 Å². The molecule has 73 heavy (non-hydrogen) atoms. The molecule has 0 spiro atoms. The lowest BCUT2D eigenvalue weighted by molar-refractivity contribution is -0.144. The lowest BCUT2D eigenvalue weighted by Crippen LogP contribution is -2.30. The number of carbonyl (C=O) groups is 2. The smallest absolute Gasteiger partial charge is 0.305 e. The lowest BCUT2D eigenvalue weighted by Gasteiger charge is -2.29. The second-order valence-corrected chi connectivity index (χ2v) is 22.8. The van der Waals surface area contributed by atoms with Gasteiger partial charge in [0.1, 0.15) is 0 Å². The fraction of sp³-hybridized carbons (Fsp3) is 0.910. The molecule has 0 aromatic heterocycles. The van der Waals surface area contributed by atoms with Crippen molar-refractivity contribution in [2.24, 2.45) is 0 Å². The van der Waals surface area contributed by atoms with Gasteiger partial charge in [0.15, 0.2) is 0 Å². The van der Waals surface area contributed by atoms with Crippen molar-refractivity contribution in [1.82, 2.24) is 4.90 Å². The molecule has 6 nitrogen and oxygen atoms in total. The molecule has 0 aliphatic carbocycles. The Labute approximate surface area is 457 Å². The van der Waals surface area contributed by atoms with Gasteiger partial charge in [-0.2, -0.15) is 0 Å². The van der Waals surface area contributed by atoms with Gasteiger partial charge >= 0.3 is 11.9 Å². The van der Waals surface area contributed by atoms with Crippen molar-refractivity contribution in [1.29, 1.82) is 0 Å². The first-order chi connectivity index (χ1) is 35.9. The zero-order valence-corrected chi connectivity index (χ0v) is 49.9. The third kappa shape index (κ3) is 56.4. The third-order valence-corrected chi connectivity index (χ3v) is 15.3. The van der Waals surface area contributed by atoms with Gasteiger partial charge in [0, 0.05) is 12.8 Å². The summed E-state index contributed by atoms with van der Waals surface area (Å²) < 4.78 is 11.1. The van der Waals surface area contributed by atoms with Crippen molar-refractivity contribution < 1.29 is 24.2 Å². The topological polar surface area (TPSA) is 76.1 Å². The van der Waals surface area contributed by atoms with Crippen LogP contribution in [0.4, 0.5) is 0 Å². The summed E-state index contributed by atoms with van der Waals surface area (Å²) in [7, 11) is 0. The number of aliphatic hydroxyl groups is 1. The van der Waals surface area contributed by atoms with E-state index in [1.54, 1.807) is 0 Å². The van der Waals surface area contributed by atoms with Crippen LogP contribution in [0.5, 0.6) is 0 Å². The summed E-state index contributed by atoms with van der Waals surface area (Å²) in [6.07, 6.45) is 70.3. The number of nitrogens with zero attached hydrogens (tertiary/aromatic N) is 1. The van der Waals surface area contributed by atoms with Gasteiger partial charge in [-0.25, -0.2) is 0 Å². The molecule has 1 N–H and O–H groups in total. The first kappa shape index (κ1) is 71.3. The summed E-state index contributed by atoms with van der Waals surface area (Å²) in [5, 5.41) is 11.9. The van der Waals surface area contributed by atoms with E-state index in [4.69, 9.17) is 9.47 Å². The number of hydrogen-bond donors (Lipinski definition) is 1. The molecule has 0 unspecified atom stereocenters. The predicted octanol–water partition coefficient (Wildman–Crippen LogP) is 21.2. The van der Waals surface area contributed by atoms with Gasteiger partial charge in [0.25, 0.3) is 0 Å². The Balaban J connectivity index is 4.02. The van der Waals surface area contributed by atoms with Crippen LogP contribution in [0.25, 0.3) is 0 Å². The molecule has 0 aliphatic rings. The second kappa shape index (κ2) is 59.6. The SMILES string of the molecule is CCCCCCCC/C=C\CCCCCCCC(=O)OCCCCCCCCCCC(O)(CCCCCCCCCCOC(=O)CCCCCCC/C=C\CCCCCCCC)CCCCN(CCC)CCC. The normalized spacial score (nSPS) is 12.1. The van der Waals surface area contributed by atoms with Crippen LogP contribution >= 0.6 is 0 Å². The summed E-state index contributed by atoms with van der Waals surface area (Å²) in [6.45, 7) is 13.8. The summed E-state index contributed by atoms with van der Waals surface area (Å²) in [4.78, 5) is 27.0. The first-order valence-electron chi connectivity index (χ1n) is 33.0. The largest absolute Gasteiger partial charge is 0.466 e. The zero-order chi connectivity index (χ0) is 53.1. The molecule has 0 rings (SSSR count). The average molecular weight is 1030 g/mol. The first-order valence-corrected chi connectivity index (χ1v) is 33.0. The fourth-order valence-electron chi connectivity index (χ4n) is 10.6. The van der Waals surface area contributed by atoms with Crippen molar-refractivity contribution >= 4 is 11.9 Å². The minimum atomic E-state index is -0.511. The molecule has 0 saturated heterocycles. The lowest BCUT2D eigenvalue weighted by atomic mass is 9.85. The van der Waals surface area contributed by atoms with Crippen molar-refractivity contribution in [3.63, 3.8) is 0 Å². The third-order valence-electron chi connectivity index (χ3n) is 15.3. The molecule has 0 atom stereocenters. The number of hydrogen-bond acceptors (Lipinski definition) is 6. The monoisotopic (exact) mass is 1030 g/mol. The Hall–Kier alpha value is -1.66. The predicted molar refractivity (Wildman–Crippen MR) is 320 cm³/mol. The molecule has 6 heteroatoms. The van der Waals surface area contributed by atoms with Crippen LogP contribution in [-0.4, -0.2) is 60.4 Å². The van der Waals surface area contributed by atoms with Crippen LogP contribution in [0.3, 0.4) is 0 Å². The molecule has 432 valence electrons. The van der Waals surface area contributed by atoms with E-state index in [0.717, 1.165) is 89.9 Å². The van der Waals surface area contributed by atoms with E-state index in [1.807, 2.05) is 0 Å². The molecule has 0 saturated carbocycles. The summed E-state index contributed by atoms with van der Waals surface area (Å²) in [5.74, 6) is -0.0175. The summed E-state index contributed by atoms with van der Waals surface area (Å²) >= 11 is 0. The van der Waals surface area contributed by atoms with Gasteiger partial charge < -0.3 is 19.5 Å². The van der Waals surface area contributed by atoms with Crippen LogP contribution in [0.15, 0.2) is 24.3 Å². The number of allylic oxidation sites excluding steroid dienone is 4. The second-order valence-electron chi connectivity index (χ2n) is 22.8. The Morgan fingerprint density at radius 2 is 0.603 bits per heavy atom. The maximum atomic E-state index is 12.2. The van der Waals surface area contributed by atoms with Crippen LogP contribution in [0.1, 0.15) is 355 Å². The van der Waals surface area contributed by atoms with E-state index in [1.165, 1.54) is 244 Å². The fourth-order valence-corrected chi connectivity index (χ4v) is 10.6. The highest BCUT2D eigenvalue weighted by molar-refractivity contribution is 5.69. The summed E-state index contributed by atoms with van der Waals surface area (Å²) in [6, 6.07) is 0. The van der Waals surface area contributed by atoms with E-state index >= 15 is 0 Å². The summed E-state index contributed by atoms with van der Waals surface area (Å²) in [5.41, 5.74) is -0.511. The van der Waals surface area contributed by atoms with E-state index < -0.39 is 5.60 Å². The van der Waals surface area contributed by atoms with E-state index in [0.29, 0.717) is 26.1 Å². The molecule has 0 aromatic carbocycles. The highest BCUT2D eigenvalue weighted by Crippen LogP contribution is 2.29. The van der Waals surface area contributed by atoms with Crippen molar-refractivity contribution in [3.8, 4) is 0 Å². The van der Waals surface area contributed by atoms with Crippen LogP contribution in [-0.2, 0) is 19.1 Å². The highest BCUT2D eigenvalue weighted by atomic mass is 16.5. The number of carbonyl (C=O) groups excluding carboxylic acids is 2. The Morgan fingerprint density at radius 3 is 0.932 bits per heavy atom. The van der Waals surface area contributed by atoms with Gasteiger partial charge in [-0.15, -0.1) is 0 Å². The van der Waals surface area contributed by atoms with E-state index in [-0.39, 0.29) is 11.9 Å². The number of rotatable bonds is 61. The molecule has 0 fully saturated rings. The number of unbranched alkanes of at least 4 members (excludes halogenated alkanes) is 37. The highest BCUT2D eigenvalue weighted by Gasteiger charge is 2.25. The van der Waals surface area contributed by atoms with E-state index in [2.05, 4.69) is 56.9 Å². The number of ether oxygens (including phenoxy) is 2. The standard InChI is InChI=1S/C67H129NO5/c1-5-9-11-13-15-17-19-21-23-25-27-29-35-41-47-55-65(69)72-63-53-45-39-33-31-37-43-49-57-67(71,59-51-52-62-68(60-7-3)61-8-4)58-50-44-38-32-34-40-46-54-64-73-66(70)56-48-42-36-30-28-26-24-22-20-18-16-14-12-10-6-2/h21-24,71H,5-20,25-64H2,1-4H3/b23-21-,24-22-. The molecule has 0 bridgehead atoms. The van der Waals surface area contributed by atoms with Crippen LogP contribution in [0.2, 0.25) is 0 Å². The average Bonchev–Trinajstić information content (AvgIpc) is 3.38. The minimum absolute atomic E-state index is 0.00873. The van der Waals surface area contributed by atoms with Gasteiger partial charge in [-0.3, -0.25) is 9.59 Å². The Morgan fingerprint density at radius 1 is 0.329 bits per heavy atom. The van der Waals surface area contributed by atoms with Crippen LogP contribution in [0, 0.1) is 0 Å². The molecule has 0 radical (unpaired) electrons. The van der Waals surface area contributed by atoms with Gasteiger partial charge in [-0.1, -0.05) is 245 Å². The zero-order valence-electron chi connectivity index (χ0n) is 49.9. The van der Waals surface area contributed by atoms with Crippen molar-refractivity contribution in [2.45, 2.75) is 361 Å². The quantitative estimate of drug-likeness (QED) is 0.0372. The van der Waals surface area contributed by atoms with Crippen LogP contribution < -0.4 is 0 Å². The van der Waals surface area contributed by atoms with Gasteiger partial charge in [-0.05, 0) is 142 Å². The molecule has 0 aliphatic heterocycles. The Bertz CT molecular complexity index is 1090. The van der Waals surface area contributed by atoms with Crippen molar-refractivity contribution in [3.05, 3.63) is 24.3 Å². The van der Waals surface area contributed by atoms with E-state index in [9.17, 15) is 14.7 Å². The molecular weight excluding hydrogens is 899 g/mol. The van der Waals surface area contributed by atoms with Crippen molar-refractivity contribution in [2.75, 3.05) is 32.8 Å². The maximum Gasteiger partial charge on any atom is 0.305 e. The molecule has 0 aromatic rings. The molecule has 0 amide bonds. The van der Waals surface area contributed by atoms with Gasteiger partial charge in [0.05, 0.1) is 18.8 Å².